The lowest BCUT2D eigenvalue weighted by Gasteiger charge is -2.11. The van der Waals surface area contributed by atoms with E-state index >= 15 is 0 Å². The van der Waals surface area contributed by atoms with Crippen molar-refractivity contribution in [3.05, 3.63) is 23.8 Å². The molecule has 1 saturated heterocycles. The minimum atomic E-state index is -0.106. The zero-order valence-corrected chi connectivity index (χ0v) is 11.5. The molecule has 5 nitrogen and oxygen atoms in total. The van der Waals surface area contributed by atoms with Gasteiger partial charge in [-0.3, -0.25) is 4.79 Å². The molecule has 1 amide bonds. The molecule has 0 bridgehead atoms. The standard InChI is InChI=1S/C15H18N2O3/c1-19-13-5-4-11(10-16)14(9-13)17-15(18)7-6-12-3-2-8-20-12/h4-5,9,12H,2-3,6-8H2,1H3,(H,17,18)/t12-/m0/s1. The van der Waals surface area contributed by atoms with Gasteiger partial charge in [0.05, 0.1) is 24.5 Å². The number of carbonyl (C=O) groups is 1. The third kappa shape index (κ3) is 3.72. The number of nitrogens with zero attached hydrogens (tertiary/aromatic N) is 1. The Morgan fingerprint density at radius 3 is 3.10 bits per heavy atom. The van der Waals surface area contributed by atoms with Gasteiger partial charge in [0.1, 0.15) is 11.8 Å². The van der Waals surface area contributed by atoms with Crippen LogP contribution in [0, 0.1) is 11.3 Å². The average Bonchev–Trinajstić information content (AvgIpc) is 2.98. The monoisotopic (exact) mass is 274 g/mol. The van der Waals surface area contributed by atoms with Crippen LogP contribution in [-0.4, -0.2) is 25.7 Å². The lowest BCUT2D eigenvalue weighted by Crippen LogP contribution is -2.16. The number of benzene rings is 1. The summed E-state index contributed by atoms with van der Waals surface area (Å²) in [7, 11) is 1.55. The van der Waals surface area contributed by atoms with E-state index < -0.39 is 0 Å². The molecule has 1 N–H and O–H groups in total. The normalized spacial score (nSPS) is 17.5. The number of ether oxygens (including phenoxy) is 2. The second kappa shape index (κ2) is 6.92. The minimum Gasteiger partial charge on any atom is -0.497 e. The Balaban J connectivity index is 1.94. The molecule has 0 unspecified atom stereocenters. The fourth-order valence-corrected chi connectivity index (χ4v) is 2.23. The number of rotatable bonds is 5. The van der Waals surface area contributed by atoms with Crippen LogP contribution in [0.25, 0.3) is 0 Å². The SMILES string of the molecule is COc1ccc(C#N)c(NC(=O)CC[C@@H]2CCCO2)c1. The second-order valence-electron chi connectivity index (χ2n) is 4.75. The molecule has 2 rings (SSSR count). The van der Waals surface area contributed by atoms with Gasteiger partial charge in [-0.2, -0.15) is 5.26 Å². The van der Waals surface area contributed by atoms with E-state index in [1.807, 2.05) is 0 Å². The van der Waals surface area contributed by atoms with E-state index in [4.69, 9.17) is 14.7 Å². The maximum absolute atomic E-state index is 11.9. The highest BCUT2D eigenvalue weighted by atomic mass is 16.5. The van der Waals surface area contributed by atoms with Gasteiger partial charge >= 0.3 is 0 Å². The molecule has 1 aromatic rings. The fraction of sp³-hybridized carbons (Fsp3) is 0.467. The zero-order valence-electron chi connectivity index (χ0n) is 11.5. The topological polar surface area (TPSA) is 71.3 Å². The van der Waals surface area contributed by atoms with Crippen molar-refractivity contribution in [3.63, 3.8) is 0 Å². The van der Waals surface area contributed by atoms with Crippen LogP contribution in [0.2, 0.25) is 0 Å². The van der Waals surface area contributed by atoms with Crippen LogP contribution < -0.4 is 10.1 Å². The number of amides is 1. The number of carbonyl (C=O) groups excluding carboxylic acids is 1. The average molecular weight is 274 g/mol. The molecule has 0 spiro atoms. The van der Waals surface area contributed by atoms with E-state index in [0.717, 1.165) is 25.9 Å². The lowest BCUT2D eigenvalue weighted by atomic mass is 10.1. The highest BCUT2D eigenvalue weighted by Crippen LogP contribution is 2.23. The van der Waals surface area contributed by atoms with Gasteiger partial charge in [0, 0.05) is 19.1 Å². The number of hydrogen-bond donors (Lipinski definition) is 1. The summed E-state index contributed by atoms with van der Waals surface area (Å²) in [6.07, 6.45) is 3.41. The first-order valence-corrected chi connectivity index (χ1v) is 6.72. The Hall–Kier alpha value is -2.06. The number of nitrogens with one attached hydrogen (secondary N) is 1. The number of nitriles is 1. The van der Waals surface area contributed by atoms with Gasteiger partial charge in [0.25, 0.3) is 0 Å². The molecular weight excluding hydrogens is 256 g/mol. The molecule has 0 aliphatic carbocycles. The smallest absolute Gasteiger partial charge is 0.224 e. The first-order chi connectivity index (χ1) is 9.72. The predicted octanol–water partition coefficient (Wildman–Crippen LogP) is 2.46. The first kappa shape index (κ1) is 14.4. The van der Waals surface area contributed by atoms with Crippen LogP contribution in [0.15, 0.2) is 18.2 Å². The molecular formula is C15H18N2O3. The maximum Gasteiger partial charge on any atom is 0.224 e. The molecule has 1 fully saturated rings. The van der Waals surface area contributed by atoms with E-state index in [1.165, 1.54) is 0 Å². The Labute approximate surface area is 118 Å². The molecule has 1 aliphatic rings. The Kier molecular flexibility index (Phi) is 4.97. The highest BCUT2D eigenvalue weighted by Gasteiger charge is 2.17. The van der Waals surface area contributed by atoms with Gasteiger partial charge in [-0.05, 0) is 31.4 Å². The Morgan fingerprint density at radius 2 is 2.45 bits per heavy atom. The van der Waals surface area contributed by atoms with Gasteiger partial charge in [-0.15, -0.1) is 0 Å². The predicted molar refractivity (Wildman–Crippen MR) is 74.5 cm³/mol. The van der Waals surface area contributed by atoms with Crippen molar-refractivity contribution in [3.8, 4) is 11.8 Å². The van der Waals surface area contributed by atoms with Crippen molar-refractivity contribution >= 4 is 11.6 Å². The second-order valence-corrected chi connectivity index (χ2v) is 4.75. The van der Waals surface area contributed by atoms with Crippen molar-refractivity contribution in [2.75, 3.05) is 19.0 Å². The van der Waals surface area contributed by atoms with Gasteiger partial charge in [0.15, 0.2) is 0 Å². The van der Waals surface area contributed by atoms with Crippen LogP contribution in [0.1, 0.15) is 31.2 Å². The van der Waals surface area contributed by atoms with Gasteiger partial charge < -0.3 is 14.8 Å². The molecule has 5 heteroatoms. The van der Waals surface area contributed by atoms with Crippen molar-refractivity contribution in [1.82, 2.24) is 0 Å². The van der Waals surface area contributed by atoms with Crippen molar-refractivity contribution in [1.29, 1.82) is 5.26 Å². The summed E-state index contributed by atoms with van der Waals surface area (Å²) in [4.78, 5) is 11.9. The van der Waals surface area contributed by atoms with Gasteiger partial charge in [0.2, 0.25) is 5.91 Å². The number of methoxy groups -OCH3 is 1. The maximum atomic E-state index is 11.9. The van der Waals surface area contributed by atoms with E-state index in [9.17, 15) is 4.79 Å². The molecule has 0 saturated carbocycles. The summed E-state index contributed by atoms with van der Waals surface area (Å²) in [5.41, 5.74) is 0.917. The molecule has 0 aromatic heterocycles. The molecule has 106 valence electrons. The molecule has 1 aromatic carbocycles. The number of hydrogen-bond acceptors (Lipinski definition) is 4. The molecule has 1 atom stereocenters. The van der Waals surface area contributed by atoms with Crippen LogP contribution >= 0.6 is 0 Å². The van der Waals surface area contributed by atoms with Gasteiger partial charge in [-0.1, -0.05) is 0 Å². The quantitative estimate of drug-likeness (QED) is 0.895. The number of anilines is 1. The molecule has 1 aliphatic heterocycles. The van der Waals surface area contributed by atoms with Crippen LogP contribution in [0.5, 0.6) is 5.75 Å². The zero-order chi connectivity index (χ0) is 14.4. The highest BCUT2D eigenvalue weighted by molar-refractivity contribution is 5.92. The van der Waals surface area contributed by atoms with E-state index in [0.29, 0.717) is 23.4 Å². The largest absolute Gasteiger partial charge is 0.497 e. The van der Waals surface area contributed by atoms with Crippen molar-refractivity contribution in [2.45, 2.75) is 31.8 Å². The first-order valence-electron chi connectivity index (χ1n) is 6.72. The Bertz CT molecular complexity index is 516. The molecule has 1 heterocycles. The summed E-state index contributed by atoms with van der Waals surface area (Å²) in [6.45, 7) is 0.792. The van der Waals surface area contributed by atoms with E-state index in [1.54, 1.807) is 25.3 Å². The summed E-state index contributed by atoms with van der Waals surface area (Å²) in [6, 6.07) is 7.04. The van der Waals surface area contributed by atoms with Gasteiger partial charge in [-0.25, -0.2) is 0 Å². The van der Waals surface area contributed by atoms with Crippen LogP contribution in [0.4, 0.5) is 5.69 Å². The molecule has 0 radical (unpaired) electrons. The Morgan fingerprint density at radius 1 is 1.60 bits per heavy atom. The minimum absolute atomic E-state index is 0.106. The van der Waals surface area contributed by atoms with Crippen molar-refractivity contribution < 1.29 is 14.3 Å². The molecule has 20 heavy (non-hydrogen) atoms. The van der Waals surface area contributed by atoms with E-state index in [2.05, 4.69) is 11.4 Å². The fourth-order valence-electron chi connectivity index (χ4n) is 2.23. The van der Waals surface area contributed by atoms with E-state index in [-0.39, 0.29) is 12.0 Å². The summed E-state index contributed by atoms with van der Waals surface area (Å²) < 4.78 is 10.6. The third-order valence-electron chi connectivity index (χ3n) is 3.34. The summed E-state index contributed by atoms with van der Waals surface area (Å²) >= 11 is 0. The van der Waals surface area contributed by atoms with Crippen molar-refractivity contribution in [2.24, 2.45) is 0 Å². The summed E-state index contributed by atoms with van der Waals surface area (Å²) in [5.74, 6) is 0.503. The van der Waals surface area contributed by atoms with Crippen LogP contribution in [-0.2, 0) is 9.53 Å². The summed E-state index contributed by atoms with van der Waals surface area (Å²) in [5, 5.41) is 11.8. The lowest BCUT2D eigenvalue weighted by molar-refractivity contribution is -0.116. The van der Waals surface area contributed by atoms with Crippen LogP contribution in [0.3, 0.4) is 0 Å². The third-order valence-corrected chi connectivity index (χ3v) is 3.34.